The Hall–Kier alpha value is -4.15. The van der Waals surface area contributed by atoms with Gasteiger partial charge in [0.2, 0.25) is 6.10 Å². The van der Waals surface area contributed by atoms with E-state index in [9.17, 15) is 24.3 Å². The summed E-state index contributed by atoms with van der Waals surface area (Å²) in [6.45, 7) is 1.46. The Morgan fingerprint density at radius 3 is 2.78 bits per heavy atom. The van der Waals surface area contributed by atoms with E-state index in [1.165, 1.54) is 18.7 Å². The minimum absolute atomic E-state index is 0.00325. The fourth-order valence-corrected chi connectivity index (χ4v) is 6.70. The summed E-state index contributed by atoms with van der Waals surface area (Å²) in [6.07, 6.45) is 4.28. The molecule has 17 heteroatoms. The van der Waals surface area contributed by atoms with Gasteiger partial charge in [0.1, 0.15) is 27.1 Å². The zero-order chi connectivity index (χ0) is 29.6. The van der Waals surface area contributed by atoms with Crippen molar-refractivity contribution >= 4 is 80.2 Å². The van der Waals surface area contributed by atoms with Crippen LogP contribution in [0.25, 0.3) is 10.9 Å². The van der Waals surface area contributed by atoms with Crippen LogP contribution >= 0.6 is 34.7 Å². The number of amides is 2. The second kappa shape index (κ2) is 11.0. The maximum absolute atomic E-state index is 13.2. The first-order chi connectivity index (χ1) is 19.5. The van der Waals surface area contributed by atoms with Crippen LogP contribution in [0.2, 0.25) is 4.34 Å². The number of pyridine rings is 1. The van der Waals surface area contributed by atoms with Crippen LogP contribution in [-0.4, -0.2) is 77.4 Å². The normalized spacial score (nSPS) is 19.5. The predicted molar refractivity (Wildman–Crippen MR) is 149 cm³/mol. The molecule has 0 aromatic carbocycles. The van der Waals surface area contributed by atoms with Crippen molar-refractivity contribution in [1.82, 2.24) is 19.8 Å². The molecule has 2 amide bonds. The van der Waals surface area contributed by atoms with E-state index in [0.29, 0.717) is 11.3 Å². The van der Waals surface area contributed by atoms with Gasteiger partial charge >= 0.3 is 11.9 Å². The summed E-state index contributed by atoms with van der Waals surface area (Å²) >= 11 is 8.31. The number of rotatable bonds is 9. The maximum atomic E-state index is 13.2. The number of thiazole rings is 1. The Labute approximate surface area is 245 Å². The SMILES string of the molecule is C[C@H](ON=C(C(=O)N[C@@H]1C(=O)N2C(C(=O)O)=C(C[n+]3ccc4c(ccn4C)c3)CSC12)c1nc(N)sc1Cl)C(=O)O. The molecule has 0 radical (unpaired) electrons. The van der Waals surface area contributed by atoms with Crippen molar-refractivity contribution in [3.8, 4) is 0 Å². The van der Waals surface area contributed by atoms with Crippen molar-refractivity contribution in [2.24, 2.45) is 12.2 Å². The third-order valence-corrected chi connectivity index (χ3v) is 8.91. The van der Waals surface area contributed by atoms with E-state index in [-0.39, 0.29) is 27.4 Å². The average Bonchev–Trinajstić information content (AvgIpc) is 3.46. The predicted octanol–water partition coefficient (Wildman–Crippen LogP) is 0.791. The molecular weight excluding hydrogens is 598 g/mol. The van der Waals surface area contributed by atoms with Crippen LogP contribution in [0.5, 0.6) is 0 Å². The molecule has 5 heterocycles. The van der Waals surface area contributed by atoms with E-state index in [2.05, 4.69) is 15.5 Å². The summed E-state index contributed by atoms with van der Waals surface area (Å²) in [5.74, 6) is -3.83. The summed E-state index contributed by atoms with van der Waals surface area (Å²) in [6, 6.07) is 2.79. The number of oxime groups is 1. The molecule has 14 nitrogen and oxygen atoms in total. The molecule has 3 atom stereocenters. The number of hydrogen-bond donors (Lipinski definition) is 4. The van der Waals surface area contributed by atoms with Crippen molar-refractivity contribution in [2.75, 3.05) is 11.5 Å². The average molecular weight is 621 g/mol. The van der Waals surface area contributed by atoms with Gasteiger partial charge in [0.15, 0.2) is 29.8 Å². The van der Waals surface area contributed by atoms with Crippen LogP contribution in [0.4, 0.5) is 5.13 Å². The molecule has 0 saturated carbocycles. The number of fused-ring (bicyclic) bond motifs is 2. The molecule has 3 aromatic heterocycles. The van der Waals surface area contributed by atoms with E-state index in [1.807, 2.05) is 46.9 Å². The Kier molecular flexibility index (Phi) is 7.63. The number of aliphatic carboxylic acids is 2. The number of nitrogens with one attached hydrogen (secondary N) is 1. The smallest absolute Gasteiger partial charge is 0.352 e. The van der Waals surface area contributed by atoms with E-state index in [4.69, 9.17) is 27.3 Å². The minimum atomic E-state index is -1.40. The van der Waals surface area contributed by atoms with E-state index >= 15 is 0 Å². The summed E-state index contributed by atoms with van der Waals surface area (Å²) in [5.41, 5.74) is 6.49. The fourth-order valence-electron chi connectivity index (χ4n) is 4.44. The quantitative estimate of drug-likeness (QED) is 0.115. The minimum Gasteiger partial charge on any atom is -0.478 e. The molecule has 1 saturated heterocycles. The summed E-state index contributed by atoms with van der Waals surface area (Å²) in [5, 5.41) is 25.6. The van der Waals surface area contributed by atoms with Gasteiger partial charge in [-0.05, 0) is 13.0 Å². The number of carbonyl (C=O) groups excluding carboxylic acids is 2. The highest BCUT2D eigenvalue weighted by Gasteiger charge is 2.55. The second-order valence-electron chi connectivity index (χ2n) is 9.20. The van der Waals surface area contributed by atoms with Gasteiger partial charge < -0.3 is 30.7 Å². The van der Waals surface area contributed by atoms with Gasteiger partial charge in [-0.15, -0.1) is 11.8 Å². The van der Waals surface area contributed by atoms with Gasteiger partial charge in [-0.2, -0.15) is 0 Å². The fraction of sp³-hybridized carbons (Fsp3) is 0.292. The molecular formula is C24H23ClN7O7S2+. The molecule has 0 spiro atoms. The molecule has 5 rings (SSSR count). The lowest BCUT2D eigenvalue weighted by molar-refractivity contribution is -0.687. The third kappa shape index (κ3) is 5.32. The number of halogens is 1. The van der Waals surface area contributed by atoms with Crippen LogP contribution in [-0.2, 0) is 37.6 Å². The summed E-state index contributed by atoms with van der Waals surface area (Å²) in [4.78, 5) is 59.9. The first-order valence-corrected chi connectivity index (χ1v) is 14.2. The first kappa shape index (κ1) is 28.4. The lowest BCUT2D eigenvalue weighted by atomic mass is 10.0. The number of anilines is 1. The topological polar surface area (TPSA) is 193 Å². The molecule has 5 N–H and O–H groups in total. The van der Waals surface area contributed by atoms with Crippen molar-refractivity contribution < 1.29 is 38.8 Å². The maximum Gasteiger partial charge on any atom is 0.352 e. The zero-order valence-electron chi connectivity index (χ0n) is 21.5. The molecule has 2 aliphatic heterocycles. The van der Waals surface area contributed by atoms with Crippen LogP contribution in [0.3, 0.4) is 0 Å². The van der Waals surface area contributed by atoms with Crippen molar-refractivity contribution in [3.63, 3.8) is 0 Å². The van der Waals surface area contributed by atoms with Crippen LogP contribution in [0, 0.1) is 0 Å². The summed E-state index contributed by atoms with van der Waals surface area (Å²) in [7, 11) is 1.93. The number of nitrogens with zero attached hydrogens (tertiary/aromatic N) is 5. The molecule has 1 unspecified atom stereocenters. The second-order valence-corrected chi connectivity index (χ2v) is 11.9. The number of thioether (sulfide) groups is 1. The molecule has 3 aromatic rings. The number of carbonyl (C=O) groups is 4. The summed E-state index contributed by atoms with van der Waals surface area (Å²) < 4.78 is 3.83. The molecule has 2 aliphatic rings. The number of β-lactam (4-membered cyclic amide) rings is 1. The lowest BCUT2D eigenvalue weighted by Crippen LogP contribution is -2.71. The number of nitrogen functional groups attached to an aromatic ring is 1. The van der Waals surface area contributed by atoms with Gasteiger partial charge in [-0.25, -0.2) is 19.1 Å². The number of nitrogens with two attached hydrogens (primary N) is 1. The van der Waals surface area contributed by atoms with Gasteiger partial charge in [-0.1, -0.05) is 28.1 Å². The van der Waals surface area contributed by atoms with Gasteiger partial charge in [-0.3, -0.25) is 14.5 Å². The lowest BCUT2D eigenvalue weighted by Gasteiger charge is -2.49. The van der Waals surface area contributed by atoms with Crippen molar-refractivity contribution in [3.05, 3.63) is 52.0 Å². The van der Waals surface area contributed by atoms with Crippen LogP contribution in [0.15, 0.2) is 47.1 Å². The Balaban J connectivity index is 1.37. The standard InChI is InChI=1S/C24H22ClN7O7S2/c1-10(22(35)36)39-29-15(14-18(25)41-24(26)28-14)19(33)27-16-20(34)32-17(23(37)38)12(9-40-21(16)32)8-31-6-4-13-11(7-31)3-5-30(13)2/h3-7,10,16,21H,8-9H2,1-2H3,(H4-,26,27,28,33,35,36,37,38)/p+1/t10-,16+,21?/m0/s1. The van der Waals surface area contributed by atoms with Crippen LogP contribution in [0.1, 0.15) is 12.6 Å². The van der Waals surface area contributed by atoms with Gasteiger partial charge in [0.05, 0.1) is 10.9 Å². The first-order valence-electron chi connectivity index (χ1n) is 12.0. The van der Waals surface area contributed by atoms with E-state index in [1.54, 1.807) is 0 Å². The Bertz CT molecular complexity index is 1670. The Morgan fingerprint density at radius 2 is 2.12 bits per heavy atom. The highest BCUT2D eigenvalue weighted by molar-refractivity contribution is 8.00. The molecule has 41 heavy (non-hydrogen) atoms. The number of hydrogen-bond acceptors (Lipinski definition) is 10. The molecule has 0 aliphatic carbocycles. The molecule has 0 bridgehead atoms. The largest absolute Gasteiger partial charge is 0.478 e. The Morgan fingerprint density at radius 1 is 1.37 bits per heavy atom. The monoisotopic (exact) mass is 620 g/mol. The van der Waals surface area contributed by atoms with Gasteiger partial charge in [0, 0.05) is 30.6 Å². The molecule has 1 fully saturated rings. The van der Waals surface area contributed by atoms with E-state index < -0.39 is 47.0 Å². The van der Waals surface area contributed by atoms with Crippen molar-refractivity contribution in [2.45, 2.75) is 31.0 Å². The van der Waals surface area contributed by atoms with Gasteiger partial charge in [0.25, 0.3) is 11.8 Å². The van der Waals surface area contributed by atoms with E-state index in [0.717, 1.165) is 27.1 Å². The number of aromatic nitrogens is 3. The highest BCUT2D eigenvalue weighted by Crippen LogP contribution is 2.40. The van der Waals surface area contributed by atoms with Crippen molar-refractivity contribution in [1.29, 1.82) is 0 Å². The highest BCUT2D eigenvalue weighted by atomic mass is 35.5. The number of carboxylic acid groups (broad SMARTS) is 2. The number of aryl methyl sites for hydroxylation is 1. The number of carboxylic acids is 2. The molecule has 214 valence electrons. The van der Waals surface area contributed by atoms with Crippen LogP contribution < -0.4 is 15.6 Å². The third-order valence-electron chi connectivity index (χ3n) is 6.48. The zero-order valence-corrected chi connectivity index (χ0v) is 23.9.